The van der Waals surface area contributed by atoms with Crippen molar-refractivity contribution in [1.82, 2.24) is 30.3 Å². The van der Waals surface area contributed by atoms with Gasteiger partial charge in [-0.3, -0.25) is 0 Å². The summed E-state index contributed by atoms with van der Waals surface area (Å²) in [6, 6.07) is 9.07. The molecule has 4 rings (SSSR count). The topological polar surface area (TPSA) is 58.4 Å². The van der Waals surface area contributed by atoms with Gasteiger partial charge in [-0.2, -0.15) is 4.52 Å². The highest BCUT2D eigenvalue weighted by molar-refractivity contribution is 7.80. The third kappa shape index (κ3) is 3.60. The van der Waals surface area contributed by atoms with Crippen LogP contribution >= 0.6 is 12.2 Å². The summed E-state index contributed by atoms with van der Waals surface area (Å²) >= 11 is 5.73. The highest BCUT2D eigenvalue weighted by atomic mass is 32.1. The Labute approximate surface area is 164 Å². The molecule has 1 fully saturated rings. The lowest BCUT2D eigenvalue weighted by molar-refractivity contribution is 0.235. The molecule has 142 valence electrons. The van der Waals surface area contributed by atoms with Gasteiger partial charge in [-0.05, 0) is 67.5 Å². The van der Waals surface area contributed by atoms with E-state index in [0.717, 1.165) is 40.3 Å². The minimum absolute atomic E-state index is 0.481. The van der Waals surface area contributed by atoms with Crippen LogP contribution in [0.15, 0.2) is 24.3 Å². The Morgan fingerprint density at radius 1 is 1.26 bits per heavy atom. The number of rotatable bonds is 4. The van der Waals surface area contributed by atoms with E-state index < -0.39 is 0 Å². The van der Waals surface area contributed by atoms with Crippen molar-refractivity contribution in [3.63, 3.8) is 0 Å². The van der Waals surface area contributed by atoms with Crippen LogP contribution in [0.3, 0.4) is 0 Å². The fraction of sp³-hybridized carbons (Fsp3) is 0.500. The summed E-state index contributed by atoms with van der Waals surface area (Å²) in [6.07, 6.45) is 6.26. The molecule has 2 aromatic heterocycles. The Hall–Kier alpha value is -2.28. The van der Waals surface area contributed by atoms with Crippen molar-refractivity contribution >= 4 is 33.9 Å². The van der Waals surface area contributed by atoms with Crippen LogP contribution in [0.2, 0.25) is 0 Å². The van der Waals surface area contributed by atoms with Gasteiger partial charge in [0.05, 0.1) is 5.52 Å². The number of pyridine rings is 1. The number of thiocarbonyl (C=S) groups is 1. The van der Waals surface area contributed by atoms with Crippen molar-refractivity contribution in [2.24, 2.45) is 0 Å². The quantitative estimate of drug-likeness (QED) is 0.696. The molecule has 0 bridgehead atoms. The summed E-state index contributed by atoms with van der Waals surface area (Å²) in [5, 5.41) is 17.8. The highest BCUT2D eigenvalue weighted by Gasteiger charge is 2.24. The Kier molecular flexibility index (Phi) is 5.20. The number of hydrogen-bond acceptors (Lipinski definition) is 4. The summed E-state index contributed by atoms with van der Waals surface area (Å²) in [5.41, 5.74) is 4.19. The maximum absolute atomic E-state index is 5.73. The average molecular weight is 383 g/mol. The SMILES string of the molecule is CCNC(=S)N(Cc1cc2cc(C)ccc2n2nnnc12)C1CCCCC1. The first kappa shape index (κ1) is 18.1. The molecule has 0 radical (unpaired) electrons. The van der Waals surface area contributed by atoms with Crippen LogP contribution in [-0.4, -0.2) is 42.6 Å². The monoisotopic (exact) mass is 382 g/mol. The Morgan fingerprint density at radius 2 is 2.07 bits per heavy atom. The first-order valence-electron chi connectivity index (χ1n) is 9.82. The molecule has 0 atom stereocenters. The van der Waals surface area contributed by atoms with Crippen LogP contribution in [0, 0.1) is 6.92 Å². The van der Waals surface area contributed by atoms with Crippen LogP contribution in [0.5, 0.6) is 0 Å². The molecule has 3 aromatic rings. The Bertz CT molecular complexity index is 960. The summed E-state index contributed by atoms with van der Waals surface area (Å²) in [5.74, 6) is 0. The van der Waals surface area contributed by atoms with E-state index in [4.69, 9.17) is 12.2 Å². The Morgan fingerprint density at radius 3 is 2.85 bits per heavy atom. The summed E-state index contributed by atoms with van der Waals surface area (Å²) in [4.78, 5) is 2.35. The second kappa shape index (κ2) is 7.76. The number of nitrogens with one attached hydrogen (secondary N) is 1. The fourth-order valence-electron chi connectivity index (χ4n) is 4.10. The predicted molar refractivity (Wildman–Crippen MR) is 112 cm³/mol. The molecule has 0 unspecified atom stereocenters. The maximum Gasteiger partial charge on any atom is 0.184 e. The first-order valence-corrected chi connectivity index (χ1v) is 10.2. The predicted octanol–water partition coefficient (Wildman–Crippen LogP) is 3.62. The van der Waals surface area contributed by atoms with E-state index in [9.17, 15) is 0 Å². The summed E-state index contributed by atoms with van der Waals surface area (Å²) in [7, 11) is 0. The normalized spacial score (nSPS) is 15.3. The molecule has 1 aromatic carbocycles. The number of nitrogens with zero attached hydrogens (tertiary/aromatic N) is 5. The third-order valence-electron chi connectivity index (χ3n) is 5.44. The molecule has 1 aliphatic rings. The van der Waals surface area contributed by atoms with E-state index in [2.05, 4.69) is 63.9 Å². The van der Waals surface area contributed by atoms with Crippen LogP contribution < -0.4 is 5.32 Å². The zero-order valence-corrected chi connectivity index (χ0v) is 16.8. The van der Waals surface area contributed by atoms with Crippen molar-refractivity contribution in [1.29, 1.82) is 0 Å². The minimum atomic E-state index is 0.481. The molecule has 0 aliphatic heterocycles. The Balaban J connectivity index is 1.76. The molecule has 0 amide bonds. The first-order chi connectivity index (χ1) is 13.2. The second-order valence-corrected chi connectivity index (χ2v) is 7.79. The van der Waals surface area contributed by atoms with Gasteiger partial charge in [0.2, 0.25) is 0 Å². The molecule has 7 heteroatoms. The molecule has 0 spiro atoms. The molecule has 0 saturated heterocycles. The van der Waals surface area contributed by atoms with Crippen molar-refractivity contribution in [2.75, 3.05) is 6.54 Å². The van der Waals surface area contributed by atoms with Crippen LogP contribution in [-0.2, 0) is 6.54 Å². The number of tetrazole rings is 1. The lowest BCUT2D eigenvalue weighted by Crippen LogP contribution is -2.46. The van der Waals surface area contributed by atoms with E-state index in [0.29, 0.717) is 6.04 Å². The zero-order chi connectivity index (χ0) is 18.8. The van der Waals surface area contributed by atoms with Gasteiger partial charge >= 0.3 is 0 Å². The van der Waals surface area contributed by atoms with Gasteiger partial charge in [0.1, 0.15) is 0 Å². The van der Waals surface area contributed by atoms with Crippen molar-refractivity contribution < 1.29 is 0 Å². The standard InChI is InChI=1S/C20H26N6S/c1-3-21-20(27)25(17-7-5-4-6-8-17)13-16-12-15-11-14(2)9-10-18(15)26-19(16)22-23-24-26/h9-12,17H,3-8,13H2,1-2H3,(H,21,27). The fourth-order valence-corrected chi connectivity index (χ4v) is 4.45. The highest BCUT2D eigenvalue weighted by Crippen LogP contribution is 2.27. The molecule has 6 nitrogen and oxygen atoms in total. The van der Waals surface area contributed by atoms with E-state index in [-0.39, 0.29) is 0 Å². The number of hydrogen-bond donors (Lipinski definition) is 1. The number of benzene rings is 1. The van der Waals surface area contributed by atoms with E-state index in [1.165, 1.54) is 37.7 Å². The average Bonchev–Trinajstić information content (AvgIpc) is 3.16. The van der Waals surface area contributed by atoms with Gasteiger partial charge in [-0.25, -0.2) is 0 Å². The molecular weight excluding hydrogens is 356 g/mol. The van der Waals surface area contributed by atoms with Crippen LogP contribution in [0.1, 0.15) is 50.2 Å². The lowest BCUT2D eigenvalue weighted by atomic mass is 9.94. The van der Waals surface area contributed by atoms with Crippen LogP contribution in [0.25, 0.3) is 16.6 Å². The van der Waals surface area contributed by atoms with Gasteiger partial charge in [0.25, 0.3) is 0 Å². The van der Waals surface area contributed by atoms with Gasteiger partial charge in [0.15, 0.2) is 10.8 Å². The lowest BCUT2D eigenvalue weighted by Gasteiger charge is -2.36. The smallest absolute Gasteiger partial charge is 0.184 e. The summed E-state index contributed by atoms with van der Waals surface area (Å²) < 4.78 is 1.85. The largest absolute Gasteiger partial charge is 0.363 e. The zero-order valence-electron chi connectivity index (χ0n) is 16.0. The second-order valence-electron chi connectivity index (χ2n) is 7.40. The van der Waals surface area contributed by atoms with Crippen molar-refractivity contribution in [3.8, 4) is 0 Å². The molecule has 1 saturated carbocycles. The van der Waals surface area contributed by atoms with E-state index in [1.807, 2.05) is 4.52 Å². The third-order valence-corrected chi connectivity index (χ3v) is 5.82. The van der Waals surface area contributed by atoms with Gasteiger partial charge in [0, 0.05) is 30.1 Å². The van der Waals surface area contributed by atoms with E-state index >= 15 is 0 Å². The maximum atomic E-state index is 5.73. The molecule has 27 heavy (non-hydrogen) atoms. The minimum Gasteiger partial charge on any atom is -0.363 e. The number of aromatic nitrogens is 4. The molecule has 1 aliphatic carbocycles. The number of aryl methyl sites for hydroxylation is 1. The van der Waals surface area contributed by atoms with Gasteiger partial charge < -0.3 is 10.2 Å². The molecule has 1 N–H and O–H groups in total. The van der Waals surface area contributed by atoms with Gasteiger partial charge in [-0.15, -0.1) is 5.10 Å². The molecular formula is C20H26N6S. The van der Waals surface area contributed by atoms with Crippen LogP contribution in [0.4, 0.5) is 0 Å². The number of fused-ring (bicyclic) bond motifs is 3. The van der Waals surface area contributed by atoms with Crippen molar-refractivity contribution in [2.45, 2.75) is 58.5 Å². The molecule has 2 heterocycles. The van der Waals surface area contributed by atoms with E-state index in [1.54, 1.807) is 0 Å². The summed E-state index contributed by atoms with van der Waals surface area (Å²) in [6.45, 7) is 5.76. The van der Waals surface area contributed by atoms with Crippen molar-refractivity contribution in [3.05, 3.63) is 35.4 Å². The van der Waals surface area contributed by atoms with Gasteiger partial charge in [-0.1, -0.05) is 30.9 Å².